The quantitative estimate of drug-likeness (QED) is 0.108. The molecular weight excluding hydrogens is 564 g/mol. The second kappa shape index (κ2) is 14.8. The molecule has 39 heavy (non-hydrogen) atoms. The molecule has 0 spiro atoms. The van der Waals surface area contributed by atoms with Gasteiger partial charge in [-0.3, -0.25) is 9.59 Å². The molecule has 10 nitrogen and oxygen atoms in total. The van der Waals surface area contributed by atoms with Crippen molar-refractivity contribution in [3.8, 4) is 0 Å². The van der Waals surface area contributed by atoms with Crippen LogP contribution in [0.15, 0.2) is 30.9 Å². The van der Waals surface area contributed by atoms with Gasteiger partial charge in [0, 0.05) is 22.7 Å². The molecule has 2 fully saturated rings. The maximum atomic E-state index is 12.1. The Bertz CT molecular complexity index is 1070. The second-order valence-corrected chi connectivity index (χ2v) is 12.6. The molecule has 0 bridgehead atoms. The van der Waals surface area contributed by atoms with Gasteiger partial charge < -0.3 is 30.7 Å². The summed E-state index contributed by atoms with van der Waals surface area (Å²) in [6.45, 7) is 14.3. The van der Waals surface area contributed by atoms with Crippen LogP contribution in [0, 0.1) is 0 Å². The lowest BCUT2D eigenvalue weighted by molar-refractivity contribution is -0.160. The third kappa shape index (κ3) is 8.54. The smallest absolute Gasteiger partial charge is 0.339 e. The molecule has 0 saturated carbocycles. The van der Waals surface area contributed by atoms with Crippen LogP contribution in [0.3, 0.4) is 0 Å². The molecule has 3 atom stereocenters. The van der Waals surface area contributed by atoms with Crippen molar-refractivity contribution in [2.75, 3.05) is 43.5 Å². The largest absolute Gasteiger partial charge is 0.480 e. The summed E-state index contributed by atoms with van der Waals surface area (Å²) in [5, 5.41) is 12.0. The van der Waals surface area contributed by atoms with Gasteiger partial charge in [-0.25, -0.2) is 9.59 Å². The van der Waals surface area contributed by atoms with E-state index < -0.39 is 28.8 Å². The number of nitrogens with zero attached hydrogens (tertiary/aromatic N) is 2. The van der Waals surface area contributed by atoms with Gasteiger partial charge in [0.25, 0.3) is 0 Å². The van der Waals surface area contributed by atoms with E-state index in [-0.39, 0.29) is 22.9 Å². The fourth-order valence-corrected chi connectivity index (χ4v) is 6.62. The molecule has 0 aromatic heterocycles. The van der Waals surface area contributed by atoms with Crippen LogP contribution in [0.4, 0.5) is 5.69 Å². The topological polar surface area (TPSA) is 142 Å². The summed E-state index contributed by atoms with van der Waals surface area (Å²) in [4.78, 5) is 50.6. The van der Waals surface area contributed by atoms with E-state index in [9.17, 15) is 24.3 Å². The Hall–Kier alpha value is -2.41. The van der Waals surface area contributed by atoms with Gasteiger partial charge >= 0.3 is 11.9 Å². The van der Waals surface area contributed by atoms with Crippen LogP contribution in [0.1, 0.15) is 38.1 Å². The van der Waals surface area contributed by atoms with Crippen molar-refractivity contribution in [1.29, 1.82) is 0 Å². The standard InChI is InChI=1S/C13H19ClN2O2.C13H18N2O4S2/c1-3-16(4-2)7-8-18-13(17)11-6-5-10(15)9-12(11)14;1-4-5-20-6-7(16)14-8-10(17)15-9(12(18)19)13(2,3)21-11(8)15/h5-6,9H,3-4,7-8,15H2,1-2H3;4,8-9,11H,1,5-6H2,2-3H3,(H,14,16)(H,18,19). The molecule has 0 aliphatic carbocycles. The number of likely N-dealkylation sites (N-methyl/N-ethyl adjacent to an activating group) is 1. The number of rotatable bonds is 12. The minimum Gasteiger partial charge on any atom is -0.480 e. The van der Waals surface area contributed by atoms with E-state index in [2.05, 4.69) is 30.6 Å². The maximum Gasteiger partial charge on any atom is 0.339 e. The number of aliphatic carboxylic acids is 1. The van der Waals surface area contributed by atoms with Gasteiger partial charge in [0.15, 0.2) is 0 Å². The predicted octanol–water partition coefficient (Wildman–Crippen LogP) is 2.96. The lowest BCUT2D eigenvalue weighted by Gasteiger charge is -2.43. The van der Waals surface area contributed by atoms with E-state index in [4.69, 9.17) is 22.1 Å². The number of thioether (sulfide) groups is 2. The van der Waals surface area contributed by atoms with Crippen LogP contribution < -0.4 is 11.1 Å². The summed E-state index contributed by atoms with van der Waals surface area (Å²) >= 11 is 8.77. The number of nitrogens with two attached hydrogens (primary N) is 1. The highest BCUT2D eigenvalue weighted by Gasteiger charge is 2.64. The molecule has 2 amide bonds. The zero-order chi connectivity index (χ0) is 29.3. The summed E-state index contributed by atoms with van der Waals surface area (Å²) < 4.78 is 4.61. The molecule has 2 saturated heterocycles. The SMILES string of the molecule is C=CCSCC(=O)NC1C(=O)N2C1SC(C)(C)C2C(=O)O.CCN(CC)CCOC(=O)c1ccc(N)cc1Cl. The summed E-state index contributed by atoms with van der Waals surface area (Å²) in [5.74, 6) is -1.00. The van der Waals surface area contributed by atoms with Crippen LogP contribution in [-0.4, -0.2) is 98.6 Å². The minimum absolute atomic E-state index is 0.211. The number of anilines is 1. The Morgan fingerprint density at radius 1 is 1.33 bits per heavy atom. The lowest BCUT2D eigenvalue weighted by Crippen LogP contribution is -2.70. The van der Waals surface area contributed by atoms with Gasteiger partial charge in [-0.05, 0) is 45.1 Å². The van der Waals surface area contributed by atoms with E-state index in [0.29, 0.717) is 28.6 Å². The Labute approximate surface area is 243 Å². The zero-order valence-electron chi connectivity index (χ0n) is 22.6. The van der Waals surface area contributed by atoms with Crippen LogP contribution in [0.5, 0.6) is 0 Å². The van der Waals surface area contributed by atoms with Gasteiger partial charge in [-0.15, -0.1) is 30.1 Å². The van der Waals surface area contributed by atoms with Gasteiger partial charge in [-0.2, -0.15) is 0 Å². The number of halogens is 1. The Morgan fingerprint density at radius 3 is 2.56 bits per heavy atom. The van der Waals surface area contributed by atoms with E-state index in [1.807, 2.05) is 0 Å². The Balaban J connectivity index is 0.000000277. The first-order valence-electron chi connectivity index (χ1n) is 12.5. The van der Waals surface area contributed by atoms with Crippen molar-refractivity contribution in [3.05, 3.63) is 41.4 Å². The number of carbonyl (C=O) groups is 4. The molecule has 3 rings (SSSR count). The second-order valence-electron chi connectivity index (χ2n) is 9.35. The molecule has 0 radical (unpaired) electrons. The van der Waals surface area contributed by atoms with Gasteiger partial charge in [0.1, 0.15) is 24.1 Å². The number of carboxylic acid groups (broad SMARTS) is 1. The molecule has 3 unspecified atom stereocenters. The number of carboxylic acids is 1. The molecule has 13 heteroatoms. The molecule has 2 aliphatic rings. The fraction of sp³-hybridized carbons (Fsp3) is 0.538. The number of ether oxygens (including phenoxy) is 1. The number of nitrogens with one attached hydrogen (secondary N) is 1. The van der Waals surface area contributed by atoms with E-state index >= 15 is 0 Å². The number of benzene rings is 1. The monoisotopic (exact) mass is 600 g/mol. The zero-order valence-corrected chi connectivity index (χ0v) is 25.0. The van der Waals surface area contributed by atoms with Crippen LogP contribution in [0.25, 0.3) is 0 Å². The average Bonchev–Trinajstić information content (AvgIpc) is 3.13. The number of hydrogen-bond donors (Lipinski definition) is 3. The van der Waals surface area contributed by atoms with Crippen LogP contribution in [0.2, 0.25) is 5.02 Å². The number of β-lactam (4-membered cyclic amide) rings is 1. The molecule has 2 heterocycles. The third-order valence-electron chi connectivity index (χ3n) is 6.21. The van der Waals surface area contributed by atoms with E-state index in [1.165, 1.54) is 28.4 Å². The molecule has 4 N–H and O–H groups in total. The summed E-state index contributed by atoms with van der Waals surface area (Å²) in [6, 6.07) is 3.30. The number of amides is 2. The van der Waals surface area contributed by atoms with Crippen molar-refractivity contribution < 1.29 is 29.0 Å². The maximum absolute atomic E-state index is 12.1. The van der Waals surface area contributed by atoms with Crippen molar-refractivity contribution in [3.63, 3.8) is 0 Å². The highest BCUT2D eigenvalue weighted by Crippen LogP contribution is 2.50. The summed E-state index contributed by atoms with van der Waals surface area (Å²) in [5.41, 5.74) is 6.44. The van der Waals surface area contributed by atoms with Gasteiger partial charge in [-0.1, -0.05) is 31.5 Å². The van der Waals surface area contributed by atoms with Crippen molar-refractivity contribution >= 4 is 64.6 Å². The first-order chi connectivity index (χ1) is 18.4. The fourth-order valence-electron chi connectivity index (χ4n) is 4.18. The number of esters is 1. The molecule has 2 aliphatic heterocycles. The number of fused-ring (bicyclic) bond motifs is 1. The summed E-state index contributed by atoms with van der Waals surface area (Å²) in [7, 11) is 0. The van der Waals surface area contributed by atoms with E-state index in [1.54, 1.807) is 38.1 Å². The van der Waals surface area contributed by atoms with Crippen LogP contribution in [-0.2, 0) is 19.1 Å². The first-order valence-corrected chi connectivity index (χ1v) is 14.9. The van der Waals surface area contributed by atoms with Crippen molar-refractivity contribution in [2.24, 2.45) is 0 Å². The number of carbonyl (C=O) groups excluding carboxylic acids is 3. The number of nitrogen functional groups attached to an aromatic ring is 1. The molecular formula is C26H37ClN4O6S2. The van der Waals surface area contributed by atoms with Gasteiger partial charge in [0.05, 0.1) is 16.3 Å². The Kier molecular flexibility index (Phi) is 12.5. The lowest BCUT2D eigenvalue weighted by atomic mass is 9.96. The Morgan fingerprint density at radius 2 is 2.00 bits per heavy atom. The molecule has 216 valence electrons. The van der Waals surface area contributed by atoms with Crippen molar-refractivity contribution in [2.45, 2.75) is 49.9 Å². The highest BCUT2D eigenvalue weighted by atomic mass is 35.5. The van der Waals surface area contributed by atoms with Gasteiger partial charge in [0.2, 0.25) is 11.8 Å². The van der Waals surface area contributed by atoms with E-state index in [0.717, 1.165) is 19.6 Å². The van der Waals surface area contributed by atoms with Crippen LogP contribution >= 0.6 is 35.1 Å². The average molecular weight is 601 g/mol. The third-order valence-corrected chi connectivity index (χ3v) is 9.03. The normalized spacial score (nSPS) is 20.8. The molecule has 1 aromatic carbocycles. The highest BCUT2D eigenvalue weighted by molar-refractivity contribution is 8.01. The number of hydrogen-bond acceptors (Lipinski definition) is 9. The predicted molar refractivity (Wildman–Crippen MR) is 157 cm³/mol. The summed E-state index contributed by atoms with van der Waals surface area (Å²) in [6.07, 6.45) is 1.71. The molecule has 1 aromatic rings. The minimum atomic E-state index is -1.00. The van der Waals surface area contributed by atoms with Crippen molar-refractivity contribution in [1.82, 2.24) is 15.1 Å². The first kappa shape index (κ1) is 32.8.